The van der Waals surface area contributed by atoms with Crippen molar-refractivity contribution < 1.29 is 19.4 Å². The van der Waals surface area contributed by atoms with Gasteiger partial charge in [0.25, 0.3) is 0 Å². The van der Waals surface area contributed by atoms with E-state index in [4.69, 9.17) is 19.6 Å². The lowest BCUT2D eigenvalue weighted by Gasteiger charge is -2.22. The van der Waals surface area contributed by atoms with Crippen LogP contribution in [-0.4, -0.2) is 29.3 Å². The SMILES string of the molecule is CCCC1=C(OCCCOc2ccc3c(c2)CC[C@H]3CC(=O)O)C=CC(c2nc(C(C)(C)C)cs2)C1. The highest BCUT2D eigenvalue weighted by Gasteiger charge is 2.25. The van der Waals surface area contributed by atoms with Crippen molar-refractivity contribution in [3.05, 3.63) is 68.9 Å². The smallest absolute Gasteiger partial charge is 0.303 e. The fourth-order valence-corrected chi connectivity index (χ4v) is 6.16. The van der Waals surface area contributed by atoms with Crippen molar-refractivity contribution in [1.29, 1.82) is 0 Å². The van der Waals surface area contributed by atoms with Crippen molar-refractivity contribution in [2.75, 3.05) is 13.2 Å². The number of hydrogen-bond acceptors (Lipinski definition) is 5. The number of benzene rings is 1. The summed E-state index contributed by atoms with van der Waals surface area (Å²) in [6, 6.07) is 6.09. The maximum absolute atomic E-state index is 11.1. The third kappa shape index (κ3) is 6.58. The van der Waals surface area contributed by atoms with Crippen LogP contribution in [0.25, 0.3) is 0 Å². The van der Waals surface area contributed by atoms with Gasteiger partial charge in [-0.2, -0.15) is 0 Å². The summed E-state index contributed by atoms with van der Waals surface area (Å²) in [6.45, 7) is 10.1. The number of ether oxygens (including phenoxy) is 2. The highest BCUT2D eigenvalue weighted by molar-refractivity contribution is 7.09. The first-order valence-electron chi connectivity index (χ1n) is 13.2. The number of nitrogens with zero attached hydrogens (tertiary/aromatic N) is 1. The Kier molecular flexibility index (Phi) is 8.55. The molecule has 2 atom stereocenters. The third-order valence-corrected chi connectivity index (χ3v) is 7.98. The Labute approximate surface area is 219 Å². The summed E-state index contributed by atoms with van der Waals surface area (Å²) in [7, 11) is 0. The lowest BCUT2D eigenvalue weighted by atomic mass is 9.90. The summed E-state index contributed by atoms with van der Waals surface area (Å²) >= 11 is 1.77. The number of carbonyl (C=O) groups is 1. The van der Waals surface area contributed by atoms with Crippen LogP contribution in [0.15, 0.2) is 47.1 Å². The van der Waals surface area contributed by atoms with Crippen molar-refractivity contribution in [3.63, 3.8) is 0 Å². The summed E-state index contributed by atoms with van der Waals surface area (Å²) in [5, 5.41) is 12.5. The average molecular weight is 510 g/mol. The van der Waals surface area contributed by atoms with Crippen LogP contribution in [0.5, 0.6) is 5.75 Å². The zero-order chi connectivity index (χ0) is 25.7. The molecule has 1 N–H and O–H groups in total. The first kappa shape index (κ1) is 26.5. The molecule has 0 saturated carbocycles. The fraction of sp³-hybridized carbons (Fsp3) is 0.533. The highest BCUT2D eigenvalue weighted by Crippen LogP contribution is 2.38. The second-order valence-corrected chi connectivity index (χ2v) is 11.8. The number of aromatic nitrogens is 1. The van der Waals surface area contributed by atoms with Gasteiger partial charge in [0, 0.05) is 23.1 Å². The van der Waals surface area contributed by atoms with E-state index in [-0.39, 0.29) is 17.8 Å². The molecule has 0 amide bonds. The zero-order valence-electron chi connectivity index (χ0n) is 22.0. The number of thiazole rings is 1. The number of fused-ring (bicyclic) bond motifs is 1. The Morgan fingerprint density at radius 3 is 2.75 bits per heavy atom. The summed E-state index contributed by atoms with van der Waals surface area (Å²) in [4.78, 5) is 16.0. The predicted molar refractivity (Wildman–Crippen MR) is 145 cm³/mol. The first-order valence-corrected chi connectivity index (χ1v) is 14.1. The molecule has 2 aliphatic rings. The van der Waals surface area contributed by atoms with Crippen molar-refractivity contribution in [2.24, 2.45) is 0 Å². The monoisotopic (exact) mass is 509 g/mol. The normalized spacial score (nSPS) is 19.4. The highest BCUT2D eigenvalue weighted by atomic mass is 32.1. The van der Waals surface area contributed by atoms with Crippen molar-refractivity contribution >= 4 is 17.3 Å². The Morgan fingerprint density at radius 1 is 1.22 bits per heavy atom. The molecular weight excluding hydrogens is 470 g/mol. The lowest BCUT2D eigenvalue weighted by molar-refractivity contribution is -0.137. The summed E-state index contributed by atoms with van der Waals surface area (Å²) in [5.74, 6) is 1.60. The van der Waals surface area contributed by atoms with Gasteiger partial charge in [0.05, 0.1) is 25.3 Å². The number of carboxylic acid groups (broad SMARTS) is 1. The van der Waals surface area contributed by atoms with E-state index in [1.54, 1.807) is 11.3 Å². The number of carboxylic acids is 1. The molecule has 194 valence electrons. The van der Waals surface area contributed by atoms with E-state index in [9.17, 15) is 4.79 Å². The second kappa shape index (κ2) is 11.6. The van der Waals surface area contributed by atoms with Gasteiger partial charge in [-0.3, -0.25) is 4.79 Å². The Balaban J connectivity index is 1.26. The molecule has 5 nitrogen and oxygen atoms in total. The van der Waals surface area contributed by atoms with Crippen molar-refractivity contribution in [2.45, 2.75) is 89.9 Å². The zero-order valence-corrected chi connectivity index (χ0v) is 22.8. The predicted octanol–water partition coefficient (Wildman–Crippen LogP) is 7.53. The Morgan fingerprint density at radius 2 is 2.03 bits per heavy atom. The summed E-state index contributed by atoms with van der Waals surface area (Å²) in [5.41, 5.74) is 5.02. The number of rotatable bonds is 11. The van der Waals surface area contributed by atoms with Gasteiger partial charge in [0.2, 0.25) is 0 Å². The minimum absolute atomic E-state index is 0.0775. The number of hydrogen-bond donors (Lipinski definition) is 1. The van der Waals surface area contributed by atoms with Crippen LogP contribution < -0.4 is 4.74 Å². The molecule has 1 aromatic carbocycles. The minimum Gasteiger partial charge on any atom is -0.494 e. The number of allylic oxidation sites excluding steroid dienone is 3. The largest absolute Gasteiger partial charge is 0.494 e. The molecule has 4 rings (SSSR count). The van der Waals surface area contributed by atoms with E-state index in [1.807, 2.05) is 12.1 Å². The van der Waals surface area contributed by atoms with Gasteiger partial charge in [-0.05, 0) is 66.5 Å². The van der Waals surface area contributed by atoms with Crippen LogP contribution in [0.2, 0.25) is 0 Å². The molecule has 1 heterocycles. The summed E-state index contributed by atoms with van der Waals surface area (Å²) < 4.78 is 12.2. The van der Waals surface area contributed by atoms with E-state index in [0.717, 1.165) is 50.0 Å². The van der Waals surface area contributed by atoms with Gasteiger partial charge in [-0.15, -0.1) is 11.3 Å². The molecule has 0 radical (unpaired) electrons. The van der Waals surface area contributed by atoms with Crippen LogP contribution in [-0.2, 0) is 21.4 Å². The Hall–Kier alpha value is -2.60. The molecule has 1 aromatic heterocycles. The molecular formula is C30H39NO4S. The fourth-order valence-electron chi connectivity index (χ4n) is 5.03. The molecule has 2 aliphatic carbocycles. The van der Waals surface area contributed by atoms with Crippen molar-refractivity contribution in [1.82, 2.24) is 4.98 Å². The molecule has 0 spiro atoms. The summed E-state index contributed by atoms with van der Waals surface area (Å²) in [6.07, 6.45) is 10.4. The third-order valence-electron chi connectivity index (χ3n) is 7.01. The van der Waals surface area contributed by atoms with Gasteiger partial charge in [0.1, 0.15) is 16.5 Å². The topological polar surface area (TPSA) is 68.7 Å². The standard InChI is InChI=1S/C30H39NO4S/c1-5-7-22-16-23(29-31-27(19-36-29)30(2,3)4)10-13-26(22)35-15-6-14-34-24-11-12-25-20(17-24)8-9-21(25)18-28(32)33/h10-13,17,19,21,23H,5-9,14-16,18H2,1-4H3,(H,32,33)/t21-,23?/m0/s1. The van der Waals surface area contributed by atoms with E-state index in [0.29, 0.717) is 19.1 Å². The lowest BCUT2D eigenvalue weighted by Crippen LogP contribution is -2.12. The number of aliphatic carboxylic acids is 1. The average Bonchev–Trinajstić information content (AvgIpc) is 3.47. The van der Waals surface area contributed by atoms with Crippen LogP contribution in [0.4, 0.5) is 0 Å². The van der Waals surface area contributed by atoms with E-state index in [2.05, 4.69) is 51.3 Å². The van der Waals surface area contributed by atoms with Gasteiger partial charge in [0.15, 0.2) is 0 Å². The molecule has 0 fully saturated rings. The number of aryl methyl sites for hydroxylation is 1. The maximum Gasteiger partial charge on any atom is 0.303 e. The van der Waals surface area contributed by atoms with E-state index < -0.39 is 5.97 Å². The van der Waals surface area contributed by atoms with Gasteiger partial charge < -0.3 is 14.6 Å². The Bertz CT molecular complexity index is 1120. The minimum atomic E-state index is -0.730. The van der Waals surface area contributed by atoms with Gasteiger partial charge in [-0.1, -0.05) is 46.3 Å². The van der Waals surface area contributed by atoms with Crippen LogP contribution in [0, 0.1) is 0 Å². The second-order valence-electron chi connectivity index (χ2n) is 11.0. The van der Waals surface area contributed by atoms with E-state index in [1.165, 1.54) is 27.4 Å². The molecule has 0 saturated heterocycles. The molecule has 1 unspecified atom stereocenters. The molecule has 0 aliphatic heterocycles. The molecule has 36 heavy (non-hydrogen) atoms. The van der Waals surface area contributed by atoms with Crippen LogP contribution >= 0.6 is 11.3 Å². The van der Waals surface area contributed by atoms with Crippen LogP contribution in [0.3, 0.4) is 0 Å². The van der Waals surface area contributed by atoms with Gasteiger partial charge in [-0.25, -0.2) is 4.98 Å². The molecule has 0 bridgehead atoms. The van der Waals surface area contributed by atoms with Crippen molar-refractivity contribution in [3.8, 4) is 5.75 Å². The quantitative estimate of drug-likeness (QED) is 0.317. The van der Waals surface area contributed by atoms with Crippen LogP contribution in [0.1, 0.15) is 99.9 Å². The van der Waals surface area contributed by atoms with Gasteiger partial charge >= 0.3 is 5.97 Å². The van der Waals surface area contributed by atoms with E-state index >= 15 is 0 Å². The maximum atomic E-state index is 11.1. The molecule has 2 aromatic rings. The first-order chi connectivity index (χ1) is 17.2. The molecule has 6 heteroatoms.